The predicted molar refractivity (Wildman–Crippen MR) is 68.0 cm³/mol. The minimum Gasteiger partial charge on any atom is -0.382 e. The van der Waals surface area contributed by atoms with Gasteiger partial charge in [-0.15, -0.1) is 0 Å². The standard InChI is InChI=1S/C13H14ClFN2O/c1-2-8-17-11(6-7-16-17)13(18)9-4-3-5-10(14)12(9)15/h3-7,13,18H,2,8H2,1H3. The Kier molecular flexibility index (Phi) is 3.99. The first-order valence-corrected chi connectivity index (χ1v) is 6.16. The molecule has 0 spiro atoms. The van der Waals surface area contributed by atoms with Gasteiger partial charge in [-0.05, 0) is 18.6 Å². The van der Waals surface area contributed by atoms with E-state index < -0.39 is 11.9 Å². The molecule has 5 heteroatoms. The second-order valence-corrected chi connectivity index (χ2v) is 4.43. The van der Waals surface area contributed by atoms with Crippen LogP contribution in [0.3, 0.4) is 0 Å². The molecule has 1 heterocycles. The van der Waals surface area contributed by atoms with Gasteiger partial charge in [0.2, 0.25) is 0 Å². The van der Waals surface area contributed by atoms with Crippen molar-refractivity contribution in [2.75, 3.05) is 0 Å². The van der Waals surface area contributed by atoms with Crippen LogP contribution in [0.1, 0.15) is 30.7 Å². The molecule has 18 heavy (non-hydrogen) atoms. The van der Waals surface area contributed by atoms with E-state index in [1.165, 1.54) is 12.1 Å². The van der Waals surface area contributed by atoms with Crippen molar-refractivity contribution in [1.29, 1.82) is 0 Å². The zero-order valence-corrected chi connectivity index (χ0v) is 10.7. The first-order valence-electron chi connectivity index (χ1n) is 5.78. The number of aryl methyl sites for hydroxylation is 1. The Morgan fingerprint density at radius 2 is 2.22 bits per heavy atom. The molecule has 0 aliphatic heterocycles. The average molecular weight is 269 g/mol. The molecule has 3 nitrogen and oxygen atoms in total. The number of benzene rings is 1. The number of aliphatic hydroxyl groups excluding tert-OH is 1. The van der Waals surface area contributed by atoms with E-state index >= 15 is 0 Å². The van der Waals surface area contributed by atoms with Crippen LogP contribution in [0.4, 0.5) is 4.39 Å². The first kappa shape index (κ1) is 13.1. The number of aromatic nitrogens is 2. The van der Waals surface area contributed by atoms with Crippen LogP contribution in [0.25, 0.3) is 0 Å². The van der Waals surface area contributed by atoms with Crippen molar-refractivity contribution in [1.82, 2.24) is 9.78 Å². The molecule has 1 atom stereocenters. The third-order valence-electron chi connectivity index (χ3n) is 2.74. The molecule has 1 aromatic carbocycles. The molecule has 0 bridgehead atoms. The molecule has 1 N–H and O–H groups in total. The van der Waals surface area contributed by atoms with Crippen LogP contribution in [0, 0.1) is 5.82 Å². The fraction of sp³-hybridized carbons (Fsp3) is 0.308. The molecular weight excluding hydrogens is 255 g/mol. The third-order valence-corrected chi connectivity index (χ3v) is 3.03. The molecule has 0 aliphatic rings. The van der Waals surface area contributed by atoms with E-state index in [2.05, 4.69) is 5.10 Å². The van der Waals surface area contributed by atoms with Gasteiger partial charge in [0.1, 0.15) is 11.9 Å². The maximum atomic E-state index is 13.8. The van der Waals surface area contributed by atoms with Gasteiger partial charge < -0.3 is 5.11 Å². The summed E-state index contributed by atoms with van der Waals surface area (Å²) in [6, 6.07) is 6.27. The highest BCUT2D eigenvalue weighted by molar-refractivity contribution is 6.30. The maximum Gasteiger partial charge on any atom is 0.147 e. The molecule has 2 rings (SSSR count). The summed E-state index contributed by atoms with van der Waals surface area (Å²) in [7, 11) is 0. The molecule has 0 saturated carbocycles. The van der Waals surface area contributed by atoms with Gasteiger partial charge >= 0.3 is 0 Å². The van der Waals surface area contributed by atoms with Crippen molar-refractivity contribution >= 4 is 11.6 Å². The molecule has 0 fully saturated rings. The molecule has 0 saturated heterocycles. The van der Waals surface area contributed by atoms with Crippen LogP contribution in [-0.4, -0.2) is 14.9 Å². The van der Waals surface area contributed by atoms with Crippen molar-refractivity contribution in [3.05, 3.63) is 52.6 Å². The lowest BCUT2D eigenvalue weighted by Crippen LogP contribution is -2.11. The lowest BCUT2D eigenvalue weighted by molar-refractivity contribution is 0.202. The molecule has 1 unspecified atom stereocenters. The van der Waals surface area contributed by atoms with Crippen LogP contribution >= 0.6 is 11.6 Å². The lowest BCUT2D eigenvalue weighted by Gasteiger charge is -2.14. The average Bonchev–Trinajstić information content (AvgIpc) is 2.80. The fourth-order valence-electron chi connectivity index (χ4n) is 1.86. The summed E-state index contributed by atoms with van der Waals surface area (Å²) in [6.07, 6.45) is 1.42. The summed E-state index contributed by atoms with van der Waals surface area (Å²) in [5.41, 5.74) is 0.735. The maximum absolute atomic E-state index is 13.8. The van der Waals surface area contributed by atoms with E-state index in [9.17, 15) is 9.50 Å². The molecule has 0 amide bonds. The summed E-state index contributed by atoms with van der Waals surface area (Å²) in [5.74, 6) is -0.587. The zero-order chi connectivity index (χ0) is 13.1. The Bertz CT molecular complexity index is 542. The van der Waals surface area contributed by atoms with Gasteiger partial charge in [-0.25, -0.2) is 4.39 Å². The van der Waals surface area contributed by atoms with E-state index in [1.807, 2.05) is 6.92 Å². The van der Waals surface area contributed by atoms with Crippen molar-refractivity contribution in [2.24, 2.45) is 0 Å². The van der Waals surface area contributed by atoms with Gasteiger partial charge in [0.05, 0.1) is 10.7 Å². The number of halogens is 2. The highest BCUT2D eigenvalue weighted by Crippen LogP contribution is 2.27. The van der Waals surface area contributed by atoms with Crippen molar-refractivity contribution in [2.45, 2.75) is 26.0 Å². The largest absolute Gasteiger partial charge is 0.382 e. The van der Waals surface area contributed by atoms with Crippen molar-refractivity contribution in [3.8, 4) is 0 Å². The molecule has 0 aliphatic carbocycles. The van der Waals surface area contributed by atoms with E-state index in [0.29, 0.717) is 12.2 Å². The Morgan fingerprint density at radius 1 is 1.44 bits per heavy atom. The second kappa shape index (κ2) is 5.50. The summed E-state index contributed by atoms with van der Waals surface area (Å²) in [5, 5.41) is 14.3. The van der Waals surface area contributed by atoms with E-state index in [-0.39, 0.29) is 10.6 Å². The summed E-state index contributed by atoms with van der Waals surface area (Å²) < 4.78 is 15.5. The zero-order valence-electron chi connectivity index (χ0n) is 9.98. The normalized spacial score (nSPS) is 12.7. The predicted octanol–water partition coefficient (Wildman–Crippen LogP) is 3.17. The van der Waals surface area contributed by atoms with Gasteiger partial charge in [0.25, 0.3) is 0 Å². The van der Waals surface area contributed by atoms with Gasteiger partial charge in [-0.3, -0.25) is 4.68 Å². The van der Waals surface area contributed by atoms with E-state index in [1.54, 1.807) is 23.0 Å². The highest BCUT2D eigenvalue weighted by Gasteiger charge is 2.19. The van der Waals surface area contributed by atoms with E-state index in [4.69, 9.17) is 11.6 Å². The van der Waals surface area contributed by atoms with Crippen LogP contribution < -0.4 is 0 Å². The fourth-order valence-corrected chi connectivity index (χ4v) is 2.05. The Hall–Kier alpha value is -1.39. The van der Waals surface area contributed by atoms with Gasteiger partial charge in [-0.2, -0.15) is 5.10 Å². The monoisotopic (exact) mass is 268 g/mol. The van der Waals surface area contributed by atoms with E-state index in [0.717, 1.165) is 6.42 Å². The number of aliphatic hydroxyl groups is 1. The topological polar surface area (TPSA) is 38.0 Å². The molecule has 2 aromatic rings. The number of nitrogens with zero attached hydrogens (tertiary/aromatic N) is 2. The minimum atomic E-state index is -1.06. The minimum absolute atomic E-state index is 0.00751. The Morgan fingerprint density at radius 3 is 2.94 bits per heavy atom. The first-order chi connectivity index (χ1) is 8.65. The van der Waals surface area contributed by atoms with Crippen LogP contribution in [-0.2, 0) is 6.54 Å². The highest BCUT2D eigenvalue weighted by atomic mass is 35.5. The van der Waals surface area contributed by atoms with Gasteiger partial charge in [0.15, 0.2) is 0 Å². The summed E-state index contributed by atoms with van der Waals surface area (Å²) in [4.78, 5) is 0. The van der Waals surface area contributed by atoms with Gasteiger partial charge in [0, 0.05) is 18.3 Å². The Labute approximate surface area is 110 Å². The van der Waals surface area contributed by atoms with Crippen LogP contribution in [0.5, 0.6) is 0 Å². The smallest absolute Gasteiger partial charge is 0.147 e. The summed E-state index contributed by atoms with van der Waals surface area (Å²) in [6.45, 7) is 2.69. The Balaban J connectivity index is 2.38. The molecular formula is C13H14ClFN2O. The van der Waals surface area contributed by atoms with Gasteiger partial charge in [-0.1, -0.05) is 30.7 Å². The number of hydrogen-bond acceptors (Lipinski definition) is 2. The molecule has 0 radical (unpaired) electrons. The number of hydrogen-bond donors (Lipinski definition) is 1. The SMILES string of the molecule is CCCn1nccc1C(O)c1cccc(Cl)c1F. The van der Waals surface area contributed by atoms with Crippen LogP contribution in [0.15, 0.2) is 30.5 Å². The third kappa shape index (κ3) is 2.40. The van der Waals surface area contributed by atoms with Crippen molar-refractivity contribution < 1.29 is 9.50 Å². The summed E-state index contributed by atoms with van der Waals surface area (Å²) >= 11 is 5.71. The molecule has 1 aromatic heterocycles. The quantitative estimate of drug-likeness (QED) is 0.925. The lowest BCUT2D eigenvalue weighted by atomic mass is 10.1. The number of rotatable bonds is 4. The van der Waals surface area contributed by atoms with Crippen LogP contribution in [0.2, 0.25) is 5.02 Å². The second-order valence-electron chi connectivity index (χ2n) is 4.02. The molecule has 96 valence electrons. The van der Waals surface area contributed by atoms with Crippen molar-refractivity contribution in [3.63, 3.8) is 0 Å².